The molecule has 8 nitrogen and oxygen atoms in total. The van der Waals surface area contributed by atoms with Gasteiger partial charge < -0.3 is 19.9 Å². The van der Waals surface area contributed by atoms with E-state index in [-0.39, 0.29) is 10.8 Å². The van der Waals surface area contributed by atoms with E-state index in [1.165, 1.54) is 18.6 Å². The van der Waals surface area contributed by atoms with E-state index >= 15 is 0 Å². The maximum Gasteiger partial charge on any atom is 0.253 e. The maximum absolute atomic E-state index is 12.9. The third-order valence-corrected chi connectivity index (χ3v) is 6.69. The normalized spacial score (nSPS) is 23.4. The molecule has 9 heteroatoms. The van der Waals surface area contributed by atoms with Crippen molar-refractivity contribution >= 4 is 21.6 Å². The molecule has 30 heavy (non-hydrogen) atoms. The number of piperidine rings is 1. The molecule has 1 amide bonds. The van der Waals surface area contributed by atoms with Crippen LogP contribution in [0.3, 0.4) is 0 Å². The predicted octanol–water partition coefficient (Wildman–Crippen LogP) is 1.27. The van der Waals surface area contributed by atoms with Crippen LogP contribution in [0, 0.1) is 11.8 Å². The number of likely N-dealkylation sites (tertiary alicyclic amines) is 1. The lowest BCUT2D eigenvalue weighted by Gasteiger charge is -2.35. The molecule has 0 radical (unpaired) electrons. The number of primary sulfonamides is 1. The van der Waals surface area contributed by atoms with Gasteiger partial charge >= 0.3 is 0 Å². The molecule has 2 aliphatic heterocycles. The number of morpholine rings is 1. The highest BCUT2D eigenvalue weighted by Gasteiger charge is 2.23. The standard InChI is InChI=1S/C21H34N4O4S/c1-16-12-17(2)15-24(14-16)7-3-6-23-21(26)19-13-18(30(22,27)28)4-5-20(19)25-8-10-29-11-9-25/h4-5,13,16-17H,3,6-12,14-15H2,1-2H3,(H,23,26)(H2,22,27,28). The van der Waals surface area contributed by atoms with Crippen LogP contribution in [-0.4, -0.2) is 71.7 Å². The zero-order valence-corrected chi connectivity index (χ0v) is 18.8. The number of nitrogens with one attached hydrogen (secondary N) is 1. The summed E-state index contributed by atoms with van der Waals surface area (Å²) in [6.07, 6.45) is 2.13. The second-order valence-electron chi connectivity index (χ2n) is 8.64. The van der Waals surface area contributed by atoms with E-state index in [1.54, 1.807) is 6.07 Å². The second kappa shape index (κ2) is 10.1. The zero-order valence-electron chi connectivity index (χ0n) is 18.0. The van der Waals surface area contributed by atoms with Crippen LogP contribution in [0.4, 0.5) is 5.69 Å². The molecule has 2 aliphatic rings. The molecule has 2 atom stereocenters. The average Bonchev–Trinajstić information content (AvgIpc) is 2.70. The van der Waals surface area contributed by atoms with E-state index in [0.29, 0.717) is 55.9 Å². The highest BCUT2D eigenvalue weighted by molar-refractivity contribution is 7.89. The Balaban J connectivity index is 1.64. The van der Waals surface area contributed by atoms with E-state index in [2.05, 4.69) is 24.1 Å². The second-order valence-corrected chi connectivity index (χ2v) is 10.2. The lowest BCUT2D eigenvalue weighted by Crippen LogP contribution is -2.40. The number of rotatable bonds is 7. The van der Waals surface area contributed by atoms with E-state index in [4.69, 9.17) is 9.88 Å². The van der Waals surface area contributed by atoms with E-state index in [9.17, 15) is 13.2 Å². The summed E-state index contributed by atoms with van der Waals surface area (Å²) < 4.78 is 29.0. The van der Waals surface area contributed by atoms with Gasteiger partial charge in [-0.05, 0) is 49.4 Å². The fourth-order valence-corrected chi connectivity index (χ4v) is 5.07. The van der Waals surface area contributed by atoms with Gasteiger partial charge in [0.15, 0.2) is 0 Å². The number of nitrogens with zero attached hydrogens (tertiary/aromatic N) is 2. The van der Waals surface area contributed by atoms with Crippen molar-refractivity contribution < 1.29 is 17.9 Å². The first kappa shape index (κ1) is 23.0. The molecule has 1 aromatic carbocycles. The van der Waals surface area contributed by atoms with Crippen LogP contribution in [0.2, 0.25) is 0 Å². The lowest BCUT2D eigenvalue weighted by molar-refractivity contribution is 0.0945. The molecular weight excluding hydrogens is 404 g/mol. The first-order valence-electron chi connectivity index (χ1n) is 10.7. The molecule has 2 fully saturated rings. The van der Waals surface area contributed by atoms with Crippen molar-refractivity contribution in [3.05, 3.63) is 23.8 Å². The van der Waals surface area contributed by atoms with Crippen molar-refractivity contribution in [1.29, 1.82) is 0 Å². The van der Waals surface area contributed by atoms with Gasteiger partial charge in [-0.15, -0.1) is 0 Å². The monoisotopic (exact) mass is 438 g/mol. The van der Waals surface area contributed by atoms with E-state index < -0.39 is 10.0 Å². The van der Waals surface area contributed by atoms with Gasteiger partial charge in [-0.1, -0.05) is 13.8 Å². The third-order valence-electron chi connectivity index (χ3n) is 5.77. The fourth-order valence-electron chi connectivity index (χ4n) is 4.53. The Labute approximate surface area is 179 Å². The summed E-state index contributed by atoms with van der Waals surface area (Å²) in [6, 6.07) is 4.50. The Kier molecular flexibility index (Phi) is 7.73. The van der Waals surface area contributed by atoms with Crippen molar-refractivity contribution in [3.63, 3.8) is 0 Å². The van der Waals surface area contributed by atoms with Crippen molar-refractivity contribution in [2.45, 2.75) is 31.6 Å². The molecule has 2 saturated heterocycles. The summed E-state index contributed by atoms with van der Waals surface area (Å²) in [4.78, 5) is 17.4. The summed E-state index contributed by atoms with van der Waals surface area (Å²) >= 11 is 0. The van der Waals surface area contributed by atoms with Crippen molar-refractivity contribution in [2.75, 3.05) is 57.4 Å². The van der Waals surface area contributed by atoms with Crippen LogP contribution >= 0.6 is 0 Å². The Morgan fingerprint density at radius 1 is 1.20 bits per heavy atom. The molecule has 2 heterocycles. The summed E-state index contributed by atoms with van der Waals surface area (Å²) in [5.41, 5.74) is 1.05. The highest BCUT2D eigenvalue weighted by atomic mass is 32.2. The molecule has 168 valence electrons. The quantitative estimate of drug-likeness (QED) is 0.621. The van der Waals surface area contributed by atoms with Crippen LogP contribution in [-0.2, 0) is 14.8 Å². The van der Waals surface area contributed by atoms with Gasteiger partial charge in [0.25, 0.3) is 5.91 Å². The Morgan fingerprint density at radius 3 is 2.50 bits per heavy atom. The average molecular weight is 439 g/mol. The largest absolute Gasteiger partial charge is 0.378 e. The van der Waals surface area contributed by atoms with Gasteiger partial charge in [-0.25, -0.2) is 13.6 Å². The van der Waals surface area contributed by atoms with Gasteiger partial charge in [-0.3, -0.25) is 4.79 Å². The number of benzene rings is 1. The fraction of sp³-hybridized carbons (Fsp3) is 0.667. The van der Waals surface area contributed by atoms with Crippen molar-refractivity contribution in [1.82, 2.24) is 10.2 Å². The van der Waals surface area contributed by atoms with Crippen LogP contribution in [0.15, 0.2) is 23.1 Å². The molecule has 0 aromatic heterocycles. The van der Waals surface area contributed by atoms with Gasteiger partial charge in [0.1, 0.15) is 0 Å². The van der Waals surface area contributed by atoms with Gasteiger partial charge in [0.05, 0.1) is 23.7 Å². The van der Waals surface area contributed by atoms with Gasteiger partial charge in [-0.2, -0.15) is 0 Å². The molecule has 3 rings (SSSR count). The number of carbonyl (C=O) groups excluding carboxylic acids is 1. The molecule has 0 aliphatic carbocycles. The number of amides is 1. The predicted molar refractivity (Wildman–Crippen MR) is 117 cm³/mol. The van der Waals surface area contributed by atoms with E-state index in [0.717, 1.165) is 26.1 Å². The van der Waals surface area contributed by atoms with Gasteiger partial charge in [0.2, 0.25) is 10.0 Å². The minimum absolute atomic E-state index is 0.0547. The number of sulfonamides is 1. The molecule has 1 aromatic rings. The summed E-state index contributed by atoms with van der Waals surface area (Å²) in [5, 5.41) is 8.24. The van der Waals surface area contributed by atoms with Crippen molar-refractivity contribution in [3.8, 4) is 0 Å². The molecule has 0 bridgehead atoms. The Bertz CT molecular complexity index is 829. The number of hydrogen-bond acceptors (Lipinski definition) is 6. The Hall–Kier alpha value is -1.68. The lowest BCUT2D eigenvalue weighted by atomic mass is 9.92. The molecule has 3 N–H and O–H groups in total. The molecule has 0 saturated carbocycles. The zero-order chi connectivity index (χ0) is 21.7. The van der Waals surface area contributed by atoms with Gasteiger partial charge in [0, 0.05) is 38.4 Å². The summed E-state index contributed by atoms with van der Waals surface area (Å²) in [6.45, 7) is 10.7. The maximum atomic E-state index is 12.9. The van der Waals surface area contributed by atoms with Crippen LogP contribution in [0.25, 0.3) is 0 Å². The molecular formula is C21H34N4O4S. The minimum atomic E-state index is -3.89. The third kappa shape index (κ3) is 6.16. The number of carbonyl (C=O) groups is 1. The number of ether oxygens (including phenoxy) is 1. The summed E-state index contributed by atoms with van der Waals surface area (Å²) in [7, 11) is -3.89. The van der Waals surface area contributed by atoms with Crippen LogP contribution in [0.1, 0.15) is 37.0 Å². The molecule has 0 spiro atoms. The SMILES string of the molecule is CC1CC(C)CN(CCCNC(=O)c2cc(S(N)(=O)=O)ccc2N2CCOCC2)C1. The molecule has 2 unspecified atom stereocenters. The summed E-state index contributed by atoms with van der Waals surface area (Å²) in [5.74, 6) is 1.14. The first-order chi connectivity index (χ1) is 14.2. The Morgan fingerprint density at radius 2 is 1.87 bits per heavy atom. The van der Waals surface area contributed by atoms with Crippen LogP contribution in [0.5, 0.6) is 0 Å². The number of hydrogen-bond donors (Lipinski definition) is 2. The topological polar surface area (TPSA) is 105 Å². The number of nitrogens with two attached hydrogens (primary N) is 1. The first-order valence-corrected chi connectivity index (χ1v) is 12.3. The number of anilines is 1. The van der Waals surface area contributed by atoms with Crippen LogP contribution < -0.4 is 15.4 Å². The van der Waals surface area contributed by atoms with E-state index in [1.807, 2.05) is 4.90 Å². The minimum Gasteiger partial charge on any atom is -0.378 e. The highest BCUT2D eigenvalue weighted by Crippen LogP contribution is 2.25. The van der Waals surface area contributed by atoms with Crippen molar-refractivity contribution in [2.24, 2.45) is 17.0 Å². The smallest absolute Gasteiger partial charge is 0.253 e.